The van der Waals surface area contributed by atoms with Crippen LogP contribution in [0.3, 0.4) is 0 Å². The fraction of sp³-hybridized carbons (Fsp3) is 0.294. The zero-order chi connectivity index (χ0) is 15.8. The van der Waals surface area contributed by atoms with Crippen LogP contribution in [0, 0.1) is 0 Å². The van der Waals surface area contributed by atoms with Gasteiger partial charge in [0.2, 0.25) is 0 Å². The number of ether oxygens (including phenoxy) is 1. The van der Waals surface area contributed by atoms with Crippen molar-refractivity contribution in [3.8, 4) is 11.1 Å². The van der Waals surface area contributed by atoms with Crippen LogP contribution in [0.15, 0.2) is 30.3 Å². The Morgan fingerprint density at radius 1 is 1.17 bits per heavy atom. The molecule has 2 aromatic heterocycles. The first-order valence-corrected chi connectivity index (χ1v) is 7.64. The number of ketones is 1. The molecular weight excluding hydrogens is 292 g/mol. The van der Waals surface area contributed by atoms with Crippen molar-refractivity contribution < 1.29 is 9.53 Å². The Kier molecular flexibility index (Phi) is 3.38. The van der Waals surface area contributed by atoms with Crippen molar-refractivity contribution in [2.24, 2.45) is 0 Å². The molecule has 2 heterocycles. The molecule has 1 aliphatic rings. The van der Waals surface area contributed by atoms with Gasteiger partial charge in [-0.25, -0.2) is 4.52 Å². The zero-order valence-corrected chi connectivity index (χ0v) is 12.8. The van der Waals surface area contributed by atoms with Gasteiger partial charge >= 0.3 is 0 Å². The van der Waals surface area contributed by atoms with Gasteiger partial charge in [0.1, 0.15) is 0 Å². The standard InChI is InChI=1S/C17H16N4O2/c1-23-10-12-15(11-6-3-2-4-7-11)17-19-18-16-13(21(17)20-12)8-5-9-14(16)22/h2-4,6-7H,5,8-10H2,1H3. The van der Waals surface area contributed by atoms with E-state index in [2.05, 4.69) is 15.3 Å². The van der Waals surface area contributed by atoms with E-state index in [1.54, 1.807) is 11.6 Å². The predicted octanol–water partition coefficient (Wildman–Crippen LogP) is 2.46. The summed E-state index contributed by atoms with van der Waals surface area (Å²) in [5, 5.41) is 13.1. The minimum Gasteiger partial charge on any atom is -0.378 e. The van der Waals surface area contributed by atoms with Crippen LogP contribution in [0.4, 0.5) is 0 Å². The molecule has 0 saturated carbocycles. The van der Waals surface area contributed by atoms with Crippen molar-refractivity contribution in [3.05, 3.63) is 47.4 Å². The molecule has 1 aromatic carbocycles. The molecule has 116 valence electrons. The summed E-state index contributed by atoms with van der Waals surface area (Å²) in [6.07, 6.45) is 2.15. The average Bonchev–Trinajstić information content (AvgIpc) is 2.95. The van der Waals surface area contributed by atoms with Gasteiger partial charge in [0.15, 0.2) is 17.1 Å². The number of aryl methyl sites for hydroxylation is 1. The van der Waals surface area contributed by atoms with Crippen LogP contribution in [0.2, 0.25) is 0 Å². The summed E-state index contributed by atoms with van der Waals surface area (Å²) in [4.78, 5) is 12.0. The fourth-order valence-electron chi connectivity index (χ4n) is 3.10. The number of aromatic nitrogens is 4. The second-order valence-electron chi connectivity index (χ2n) is 5.63. The van der Waals surface area contributed by atoms with E-state index in [-0.39, 0.29) is 5.78 Å². The summed E-state index contributed by atoms with van der Waals surface area (Å²) in [6, 6.07) is 9.96. The molecule has 0 unspecified atom stereocenters. The van der Waals surface area contributed by atoms with Crippen LogP contribution in [0.25, 0.3) is 16.8 Å². The van der Waals surface area contributed by atoms with Crippen LogP contribution < -0.4 is 0 Å². The van der Waals surface area contributed by atoms with Gasteiger partial charge in [0.05, 0.1) is 23.6 Å². The molecule has 4 rings (SSSR count). The molecule has 6 nitrogen and oxygen atoms in total. The van der Waals surface area contributed by atoms with Crippen molar-refractivity contribution in [1.82, 2.24) is 19.8 Å². The molecule has 23 heavy (non-hydrogen) atoms. The molecule has 0 fully saturated rings. The topological polar surface area (TPSA) is 69.4 Å². The van der Waals surface area contributed by atoms with Crippen molar-refractivity contribution in [2.75, 3.05) is 7.11 Å². The zero-order valence-electron chi connectivity index (χ0n) is 12.8. The van der Waals surface area contributed by atoms with Gasteiger partial charge in [-0.15, -0.1) is 10.2 Å². The third kappa shape index (κ3) is 2.22. The minimum absolute atomic E-state index is 0.0469. The third-order valence-electron chi connectivity index (χ3n) is 4.13. The summed E-state index contributed by atoms with van der Waals surface area (Å²) < 4.78 is 7.07. The van der Waals surface area contributed by atoms with Gasteiger partial charge in [0.25, 0.3) is 0 Å². The molecule has 0 atom stereocenters. The van der Waals surface area contributed by atoms with Crippen LogP contribution in [0.5, 0.6) is 0 Å². The molecule has 1 aliphatic carbocycles. The Balaban J connectivity index is 2.01. The minimum atomic E-state index is 0.0469. The fourth-order valence-corrected chi connectivity index (χ4v) is 3.10. The number of benzene rings is 1. The first kappa shape index (κ1) is 14.0. The maximum Gasteiger partial charge on any atom is 0.185 e. The number of hydrogen-bond donors (Lipinski definition) is 0. The molecule has 0 saturated heterocycles. The molecule has 0 bridgehead atoms. The maximum atomic E-state index is 12.0. The molecule has 0 spiro atoms. The van der Waals surface area contributed by atoms with Crippen molar-refractivity contribution >= 4 is 11.4 Å². The highest BCUT2D eigenvalue weighted by Crippen LogP contribution is 2.30. The highest BCUT2D eigenvalue weighted by Gasteiger charge is 2.25. The molecular formula is C17H16N4O2. The summed E-state index contributed by atoms with van der Waals surface area (Å²) in [7, 11) is 1.64. The lowest BCUT2D eigenvalue weighted by molar-refractivity contribution is 0.0964. The summed E-state index contributed by atoms with van der Waals surface area (Å²) in [5.41, 5.74) is 4.73. The first-order valence-electron chi connectivity index (χ1n) is 7.64. The third-order valence-corrected chi connectivity index (χ3v) is 4.13. The predicted molar refractivity (Wildman–Crippen MR) is 84.2 cm³/mol. The van der Waals surface area contributed by atoms with Gasteiger partial charge in [-0.1, -0.05) is 30.3 Å². The van der Waals surface area contributed by atoms with Crippen LogP contribution in [0.1, 0.15) is 34.7 Å². The number of rotatable bonds is 3. The maximum absolute atomic E-state index is 12.0. The number of hydrogen-bond acceptors (Lipinski definition) is 5. The summed E-state index contributed by atoms with van der Waals surface area (Å²) in [6.45, 7) is 0.385. The van der Waals surface area contributed by atoms with E-state index >= 15 is 0 Å². The Morgan fingerprint density at radius 3 is 2.78 bits per heavy atom. The second kappa shape index (κ2) is 5.55. The summed E-state index contributed by atoms with van der Waals surface area (Å²) >= 11 is 0. The Bertz CT molecular complexity index is 886. The SMILES string of the molecule is COCc1nn2c3c(nnc2c1-c1ccccc1)C(=O)CCC3. The van der Waals surface area contributed by atoms with Crippen molar-refractivity contribution in [1.29, 1.82) is 0 Å². The smallest absolute Gasteiger partial charge is 0.185 e. The van der Waals surface area contributed by atoms with Crippen LogP contribution >= 0.6 is 0 Å². The van der Waals surface area contributed by atoms with E-state index < -0.39 is 0 Å². The lowest BCUT2D eigenvalue weighted by Crippen LogP contribution is -2.18. The van der Waals surface area contributed by atoms with Gasteiger partial charge in [-0.05, 0) is 18.4 Å². The lowest BCUT2D eigenvalue weighted by Gasteiger charge is -2.13. The van der Waals surface area contributed by atoms with E-state index in [1.165, 1.54) is 0 Å². The Labute approximate surface area is 133 Å². The average molecular weight is 308 g/mol. The Morgan fingerprint density at radius 2 is 2.00 bits per heavy atom. The summed E-state index contributed by atoms with van der Waals surface area (Å²) in [5.74, 6) is 0.0469. The number of Topliss-reactive ketones (excluding diaryl/α,β-unsaturated/α-hetero) is 1. The number of fused-ring (bicyclic) bond motifs is 3. The normalized spacial score (nSPS) is 14.2. The quantitative estimate of drug-likeness (QED) is 0.743. The number of nitrogens with zero attached hydrogens (tertiary/aromatic N) is 4. The van der Waals surface area contributed by atoms with Crippen LogP contribution in [-0.4, -0.2) is 32.7 Å². The van der Waals surface area contributed by atoms with Gasteiger partial charge < -0.3 is 4.74 Å². The van der Waals surface area contributed by atoms with E-state index in [4.69, 9.17) is 4.74 Å². The number of methoxy groups -OCH3 is 1. The van der Waals surface area contributed by atoms with Gasteiger partial charge in [0, 0.05) is 13.5 Å². The van der Waals surface area contributed by atoms with E-state index in [9.17, 15) is 4.79 Å². The van der Waals surface area contributed by atoms with Crippen LogP contribution in [-0.2, 0) is 17.8 Å². The highest BCUT2D eigenvalue weighted by atomic mass is 16.5. The van der Waals surface area contributed by atoms with E-state index in [0.717, 1.165) is 35.4 Å². The van der Waals surface area contributed by atoms with Crippen molar-refractivity contribution in [2.45, 2.75) is 25.9 Å². The molecule has 0 radical (unpaired) electrons. The van der Waals surface area contributed by atoms with Gasteiger partial charge in [-0.2, -0.15) is 5.10 Å². The lowest BCUT2D eigenvalue weighted by atomic mass is 9.99. The van der Waals surface area contributed by atoms with Gasteiger partial charge in [-0.3, -0.25) is 4.79 Å². The van der Waals surface area contributed by atoms with Crippen molar-refractivity contribution in [3.63, 3.8) is 0 Å². The molecule has 0 aliphatic heterocycles. The van der Waals surface area contributed by atoms with E-state index in [0.29, 0.717) is 24.4 Å². The molecule has 0 amide bonds. The largest absolute Gasteiger partial charge is 0.378 e. The number of carbonyl (C=O) groups excluding carboxylic acids is 1. The number of carbonyl (C=O) groups is 1. The Hall–Kier alpha value is -2.60. The molecule has 0 N–H and O–H groups in total. The monoisotopic (exact) mass is 308 g/mol. The second-order valence-corrected chi connectivity index (χ2v) is 5.63. The molecule has 6 heteroatoms. The first-order chi connectivity index (χ1) is 11.3. The molecule has 3 aromatic rings. The highest BCUT2D eigenvalue weighted by molar-refractivity contribution is 5.96. The van der Waals surface area contributed by atoms with E-state index in [1.807, 2.05) is 30.3 Å².